The highest BCUT2D eigenvalue weighted by Crippen LogP contribution is 2.25. The van der Waals surface area contributed by atoms with E-state index in [9.17, 15) is 0 Å². The van der Waals surface area contributed by atoms with Gasteiger partial charge >= 0.3 is 0 Å². The molecule has 4 aromatic rings. The van der Waals surface area contributed by atoms with Crippen LogP contribution in [0.5, 0.6) is 0 Å². The summed E-state index contributed by atoms with van der Waals surface area (Å²) < 4.78 is 7.05. The van der Waals surface area contributed by atoms with Gasteiger partial charge in [-0.1, -0.05) is 35.6 Å². The Labute approximate surface area is 136 Å². The van der Waals surface area contributed by atoms with Gasteiger partial charge in [0.25, 0.3) is 0 Å². The predicted molar refractivity (Wildman–Crippen MR) is 88.3 cm³/mol. The van der Waals surface area contributed by atoms with E-state index in [1.807, 2.05) is 42.6 Å². The molecule has 0 saturated heterocycles. The van der Waals surface area contributed by atoms with Gasteiger partial charge in [-0.15, -0.1) is 5.10 Å². The van der Waals surface area contributed by atoms with Gasteiger partial charge < -0.3 is 14.8 Å². The number of imidazole rings is 1. The molecule has 0 amide bonds. The molecule has 6 nitrogen and oxygen atoms in total. The zero-order valence-corrected chi connectivity index (χ0v) is 13.0. The predicted octanol–water partition coefficient (Wildman–Crippen LogP) is 3.16. The molecule has 23 heavy (non-hydrogen) atoms. The number of nitrogens with zero attached hydrogens (tertiary/aromatic N) is 3. The number of aliphatic hydroxyl groups excluding tert-OH is 1. The minimum Gasteiger partial charge on any atom is -0.467 e. The minimum atomic E-state index is 0.0464. The molecule has 0 atom stereocenters. The van der Waals surface area contributed by atoms with Crippen molar-refractivity contribution >= 4 is 21.4 Å². The molecular weight excluding hydrogens is 312 g/mol. The molecule has 116 valence electrons. The fourth-order valence-electron chi connectivity index (χ4n) is 2.27. The normalized spacial score (nSPS) is 11.2. The number of hydrogen-bond donors (Lipinski definition) is 2. The van der Waals surface area contributed by atoms with Crippen LogP contribution in [0.4, 0.5) is 5.13 Å². The molecule has 7 heteroatoms. The van der Waals surface area contributed by atoms with Crippen molar-refractivity contribution in [2.75, 3.05) is 5.32 Å². The molecule has 0 saturated carbocycles. The zero-order chi connectivity index (χ0) is 15.6. The maximum Gasteiger partial charge on any atom is 0.214 e. The van der Waals surface area contributed by atoms with Crippen molar-refractivity contribution < 1.29 is 9.52 Å². The van der Waals surface area contributed by atoms with Crippen LogP contribution >= 0.6 is 11.3 Å². The Hall–Kier alpha value is -2.64. The highest BCUT2D eigenvalue weighted by molar-refractivity contribution is 7.20. The Kier molecular flexibility index (Phi) is 3.57. The molecule has 3 aromatic heterocycles. The van der Waals surface area contributed by atoms with Crippen molar-refractivity contribution in [3.8, 4) is 11.3 Å². The number of anilines is 1. The van der Waals surface area contributed by atoms with E-state index >= 15 is 0 Å². The van der Waals surface area contributed by atoms with Crippen molar-refractivity contribution in [3.05, 3.63) is 60.2 Å². The van der Waals surface area contributed by atoms with Gasteiger partial charge in [0.15, 0.2) is 0 Å². The number of nitrogens with one attached hydrogen (secondary N) is 1. The van der Waals surface area contributed by atoms with Gasteiger partial charge in [-0.05, 0) is 17.7 Å². The first-order valence-corrected chi connectivity index (χ1v) is 7.96. The lowest BCUT2D eigenvalue weighted by Crippen LogP contribution is -1.98. The Bertz CT molecular complexity index is 878. The third-order valence-corrected chi connectivity index (χ3v) is 4.35. The third kappa shape index (κ3) is 2.84. The SMILES string of the molecule is OCc1ccc(-c2cn3nc(NCc4ccco4)sc3n2)cc1. The van der Waals surface area contributed by atoms with Gasteiger partial charge in [-0.3, -0.25) is 0 Å². The van der Waals surface area contributed by atoms with E-state index in [1.54, 1.807) is 10.8 Å². The van der Waals surface area contributed by atoms with Crippen LogP contribution in [0.1, 0.15) is 11.3 Å². The lowest BCUT2D eigenvalue weighted by Gasteiger charge is -1.99. The second-order valence-electron chi connectivity index (χ2n) is 5.05. The Balaban J connectivity index is 1.53. The lowest BCUT2D eigenvalue weighted by atomic mass is 10.1. The van der Waals surface area contributed by atoms with E-state index in [0.29, 0.717) is 6.54 Å². The van der Waals surface area contributed by atoms with E-state index in [2.05, 4.69) is 15.4 Å². The summed E-state index contributed by atoms with van der Waals surface area (Å²) >= 11 is 1.49. The van der Waals surface area contributed by atoms with E-state index in [1.165, 1.54) is 11.3 Å². The summed E-state index contributed by atoms with van der Waals surface area (Å²) in [6.45, 7) is 0.643. The molecule has 0 aliphatic rings. The fraction of sp³-hybridized carbons (Fsp3) is 0.125. The summed E-state index contributed by atoms with van der Waals surface area (Å²) in [5.74, 6) is 0.863. The average Bonchev–Trinajstić information content (AvgIpc) is 3.29. The maximum atomic E-state index is 9.09. The topological polar surface area (TPSA) is 75.6 Å². The van der Waals surface area contributed by atoms with Crippen LogP contribution in [-0.4, -0.2) is 19.7 Å². The van der Waals surface area contributed by atoms with Crippen molar-refractivity contribution in [3.63, 3.8) is 0 Å². The number of rotatable bonds is 5. The van der Waals surface area contributed by atoms with Gasteiger partial charge in [0.05, 0.1) is 31.3 Å². The summed E-state index contributed by atoms with van der Waals surface area (Å²) in [5, 5.41) is 17.6. The molecule has 4 rings (SSSR count). The average molecular weight is 326 g/mol. The van der Waals surface area contributed by atoms with Crippen LogP contribution in [0.15, 0.2) is 53.3 Å². The third-order valence-electron chi connectivity index (χ3n) is 3.47. The number of benzene rings is 1. The number of fused-ring (bicyclic) bond motifs is 1. The first-order valence-electron chi connectivity index (χ1n) is 7.14. The van der Waals surface area contributed by atoms with Crippen LogP contribution in [0, 0.1) is 0 Å². The molecular formula is C16H14N4O2S. The van der Waals surface area contributed by atoms with Crippen LogP contribution in [-0.2, 0) is 13.2 Å². The minimum absolute atomic E-state index is 0.0464. The summed E-state index contributed by atoms with van der Waals surface area (Å²) in [6.07, 6.45) is 3.55. The summed E-state index contributed by atoms with van der Waals surface area (Å²) in [7, 11) is 0. The molecule has 0 fully saturated rings. The number of hydrogen-bond acceptors (Lipinski definition) is 6. The number of aliphatic hydroxyl groups is 1. The molecule has 0 unspecified atom stereocenters. The standard InChI is InChI=1S/C16H14N4O2S/c21-10-11-3-5-12(6-4-11)14-9-20-16(18-14)23-15(19-20)17-8-13-2-1-7-22-13/h1-7,9,21H,8,10H2,(H,17,19). The van der Waals surface area contributed by atoms with E-state index < -0.39 is 0 Å². The highest BCUT2D eigenvalue weighted by Gasteiger charge is 2.10. The van der Waals surface area contributed by atoms with Crippen LogP contribution in [0.2, 0.25) is 0 Å². The summed E-state index contributed by atoms with van der Waals surface area (Å²) in [4.78, 5) is 5.42. The fourth-order valence-corrected chi connectivity index (χ4v) is 3.04. The zero-order valence-electron chi connectivity index (χ0n) is 12.1. The number of aromatic nitrogens is 3. The van der Waals surface area contributed by atoms with Gasteiger partial charge in [0.2, 0.25) is 10.1 Å². The summed E-state index contributed by atoms with van der Waals surface area (Å²) in [6, 6.07) is 11.5. The molecule has 0 aliphatic heterocycles. The van der Waals surface area contributed by atoms with Crippen molar-refractivity contribution in [1.29, 1.82) is 0 Å². The molecule has 2 N–H and O–H groups in total. The Morgan fingerprint density at radius 1 is 1.22 bits per heavy atom. The van der Waals surface area contributed by atoms with E-state index in [4.69, 9.17) is 9.52 Å². The van der Waals surface area contributed by atoms with Crippen LogP contribution < -0.4 is 5.32 Å². The van der Waals surface area contributed by atoms with E-state index in [-0.39, 0.29) is 6.61 Å². The molecule has 0 aliphatic carbocycles. The molecule has 3 heterocycles. The summed E-state index contributed by atoms with van der Waals surface area (Å²) in [5.41, 5.74) is 2.76. The van der Waals surface area contributed by atoms with Gasteiger partial charge in [0.1, 0.15) is 5.76 Å². The Morgan fingerprint density at radius 2 is 2.09 bits per heavy atom. The van der Waals surface area contributed by atoms with Crippen molar-refractivity contribution in [2.24, 2.45) is 0 Å². The van der Waals surface area contributed by atoms with Crippen molar-refractivity contribution in [2.45, 2.75) is 13.2 Å². The quantitative estimate of drug-likeness (QED) is 0.589. The second kappa shape index (κ2) is 5.86. The lowest BCUT2D eigenvalue weighted by molar-refractivity contribution is 0.282. The Morgan fingerprint density at radius 3 is 2.78 bits per heavy atom. The van der Waals surface area contributed by atoms with Gasteiger partial charge in [0, 0.05) is 5.56 Å². The van der Waals surface area contributed by atoms with Gasteiger partial charge in [-0.2, -0.15) is 0 Å². The second-order valence-corrected chi connectivity index (χ2v) is 6.00. The maximum absolute atomic E-state index is 9.09. The first-order chi connectivity index (χ1) is 11.3. The van der Waals surface area contributed by atoms with Gasteiger partial charge in [-0.25, -0.2) is 9.50 Å². The van der Waals surface area contributed by atoms with Crippen molar-refractivity contribution in [1.82, 2.24) is 14.6 Å². The highest BCUT2D eigenvalue weighted by atomic mass is 32.1. The molecule has 0 spiro atoms. The largest absolute Gasteiger partial charge is 0.467 e. The monoisotopic (exact) mass is 326 g/mol. The molecule has 0 bridgehead atoms. The number of furan rings is 1. The van der Waals surface area contributed by atoms with Crippen LogP contribution in [0.25, 0.3) is 16.2 Å². The first kappa shape index (κ1) is 14.0. The van der Waals surface area contributed by atoms with E-state index in [0.717, 1.165) is 32.7 Å². The molecule has 1 aromatic carbocycles. The van der Waals surface area contributed by atoms with Crippen LogP contribution in [0.3, 0.4) is 0 Å². The smallest absolute Gasteiger partial charge is 0.214 e. The molecule has 0 radical (unpaired) electrons.